The monoisotopic (exact) mass is 293 g/mol. The lowest BCUT2D eigenvalue weighted by Gasteiger charge is -2.28. The summed E-state index contributed by atoms with van der Waals surface area (Å²) >= 11 is 0. The highest BCUT2D eigenvalue weighted by molar-refractivity contribution is 5.91. The van der Waals surface area contributed by atoms with Crippen molar-refractivity contribution in [1.29, 1.82) is 0 Å². The third-order valence-corrected chi connectivity index (χ3v) is 3.80. The zero-order chi connectivity index (χ0) is 16.0. The van der Waals surface area contributed by atoms with Gasteiger partial charge in [0, 0.05) is 6.04 Å². The van der Waals surface area contributed by atoms with E-state index in [0.717, 1.165) is 12.8 Å². The Kier molecular flexibility index (Phi) is 6.66. The summed E-state index contributed by atoms with van der Waals surface area (Å²) in [7, 11) is 2.02. The zero-order valence-electron chi connectivity index (χ0n) is 14.4. The molecule has 0 saturated carbocycles. The van der Waals surface area contributed by atoms with Crippen molar-refractivity contribution in [2.24, 2.45) is 11.3 Å². The van der Waals surface area contributed by atoms with Gasteiger partial charge in [0.15, 0.2) is 0 Å². The van der Waals surface area contributed by atoms with Crippen LogP contribution in [0, 0.1) is 11.3 Å². The van der Waals surface area contributed by atoms with Crippen molar-refractivity contribution in [3.05, 3.63) is 23.8 Å². The number of nitrogens with one attached hydrogen (secondary N) is 1. The van der Waals surface area contributed by atoms with Gasteiger partial charge in [0.25, 0.3) is 0 Å². The molecule has 0 aromatic carbocycles. The first-order valence-electron chi connectivity index (χ1n) is 7.99. The minimum atomic E-state index is -0.213. The first-order chi connectivity index (χ1) is 9.73. The van der Waals surface area contributed by atoms with E-state index in [1.807, 2.05) is 33.0 Å². The summed E-state index contributed by atoms with van der Waals surface area (Å²) in [5, 5.41) is 3.42. The van der Waals surface area contributed by atoms with Crippen molar-refractivity contribution >= 4 is 5.97 Å². The van der Waals surface area contributed by atoms with Crippen LogP contribution >= 0.6 is 0 Å². The van der Waals surface area contributed by atoms with Crippen LogP contribution in [-0.2, 0) is 9.53 Å². The Morgan fingerprint density at radius 2 is 2.10 bits per heavy atom. The normalized spacial score (nSPS) is 20.3. The Bertz CT molecular complexity index is 402. The van der Waals surface area contributed by atoms with Crippen LogP contribution in [0.2, 0.25) is 0 Å². The van der Waals surface area contributed by atoms with Crippen LogP contribution in [0.5, 0.6) is 0 Å². The molecule has 0 bridgehead atoms. The van der Waals surface area contributed by atoms with Crippen LogP contribution in [0.1, 0.15) is 53.9 Å². The summed E-state index contributed by atoms with van der Waals surface area (Å²) in [5.74, 6) is 0.239. The second kappa shape index (κ2) is 7.79. The van der Waals surface area contributed by atoms with Crippen LogP contribution in [-0.4, -0.2) is 25.2 Å². The minimum absolute atomic E-state index is 0.0682. The molecule has 1 aliphatic carbocycles. The van der Waals surface area contributed by atoms with Crippen LogP contribution in [0.3, 0.4) is 0 Å². The molecule has 1 aliphatic rings. The molecule has 0 spiro atoms. The number of carbonyl (C=O) groups is 1. The molecular formula is C18H31NO2. The van der Waals surface area contributed by atoms with Crippen LogP contribution in [0.15, 0.2) is 23.8 Å². The Morgan fingerprint density at radius 1 is 1.43 bits per heavy atom. The quantitative estimate of drug-likeness (QED) is 0.756. The molecular weight excluding hydrogens is 262 g/mol. The third-order valence-electron chi connectivity index (χ3n) is 3.80. The van der Waals surface area contributed by atoms with Gasteiger partial charge >= 0.3 is 5.97 Å². The minimum Gasteiger partial charge on any atom is -0.459 e. The predicted octanol–water partition coefficient (Wildman–Crippen LogP) is 3.85. The molecule has 0 saturated heterocycles. The van der Waals surface area contributed by atoms with Crippen molar-refractivity contribution in [2.45, 2.75) is 66.0 Å². The molecule has 1 rings (SSSR count). The summed E-state index contributed by atoms with van der Waals surface area (Å²) in [6, 6.07) is 0.458. The summed E-state index contributed by atoms with van der Waals surface area (Å²) < 4.78 is 5.23. The van der Waals surface area contributed by atoms with Crippen molar-refractivity contribution in [1.82, 2.24) is 5.32 Å². The molecule has 0 amide bonds. The second-order valence-corrected chi connectivity index (χ2v) is 7.37. The highest BCUT2D eigenvalue weighted by atomic mass is 16.5. The average Bonchev–Trinajstić information content (AvgIpc) is 2.38. The molecule has 0 radical (unpaired) electrons. The second-order valence-electron chi connectivity index (χ2n) is 7.37. The van der Waals surface area contributed by atoms with E-state index in [0.29, 0.717) is 22.9 Å². The molecule has 0 aliphatic heterocycles. The lowest BCUT2D eigenvalue weighted by Crippen LogP contribution is -2.34. The lowest BCUT2D eigenvalue weighted by molar-refractivity contribution is -0.142. The SMILES string of the molecule is CN[C@H](CCC(C)(C)C)C1C=CC(C(=O)OC(C)C)=CC1. The average molecular weight is 293 g/mol. The van der Waals surface area contributed by atoms with Gasteiger partial charge in [-0.2, -0.15) is 0 Å². The third kappa shape index (κ3) is 6.47. The number of rotatable bonds is 6. The molecule has 2 atom stereocenters. The summed E-state index contributed by atoms with van der Waals surface area (Å²) in [4.78, 5) is 11.9. The maximum Gasteiger partial charge on any atom is 0.338 e. The van der Waals surface area contributed by atoms with E-state index < -0.39 is 0 Å². The number of allylic oxidation sites excluding steroid dienone is 1. The summed E-state index contributed by atoms with van der Waals surface area (Å²) in [6.07, 6.45) is 9.25. The number of hydrogen-bond acceptors (Lipinski definition) is 3. The van der Waals surface area contributed by atoms with Gasteiger partial charge in [-0.05, 0) is 51.5 Å². The van der Waals surface area contributed by atoms with Gasteiger partial charge in [-0.15, -0.1) is 0 Å². The molecule has 1 unspecified atom stereocenters. The van der Waals surface area contributed by atoms with Gasteiger partial charge < -0.3 is 10.1 Å². The Balaban J connectivity index is 2.55. The van der Waals surface area contributed by atoms with E-state index in [1.54, 1.807) is 0 Å². The fourth-order valence-corrected chi connectivity index (χ4v) is 2.53. The molecule has 0 heterocycles. The van der Waals surface area contributed by atoms with E-state index in [2.05, 4.69) is 32.2 Å². The molecule has 3 nitrogen and oxygen atoms in total. The first-order valence-corrected chi connectivity index (χ1v) is 7.99. The van der Waals surface area contributed by atoms with E-state index in [-0.39, 0.29) is 12.1 Å². The smallest absolute Gasteiger partial charge is 0.338 e. The Labute approximate surface area is 129 Å². The summed E-state index contributed by atoms with van der Waals surface area (Å²) in [5.41, 5.74) is 1.04. The largest absolute Gasteiger partial charge is 0.459 e. The van der Waals surface area contributed by atoms with Crippen LogP contribution < -0.4 is 5.32 Å². The van der Waals surface area contributed by atoms with Gasteiger partial charge in [0.2, 0.25) is 0 Å². The van der Waals surface area contributed by atoms with E-state index in [4.69, 9.17) is 4.74 Å². The van der Waals surface area contributed by atoms with Gasteiger partial charge in [-0.1, -0.05) is 39.0 Å². The van der Waals surface area contributed by atoms with E-state index in [1.165, 1.54) is 6.42 Å². The number of esters is 1. The fourth-order valence-electron chi connectivity index (χ4n) is 2.53. The molecule has 0 fully saturated rings. The zero-order valence-corrected chi connectivity index (χ0v) is 14.4. The molecule has 21 heavy (non-hydrogen) atoms. The van der Waals surface area contributed by atoms with Crippen molar-refractivity contribution in [3.63, 3.8) is 0 Å². The van der Waals surface area contributed by atoms with Gasteiger partial charge in [-0.25, -0.2) is 4.79 Å². The van der Waals surface area contributed by atoms with E-state index in [9.17, 15) is 4.79 Å². The van der Waals surface area contributed by atoms with Crippen molar-refractivity contribution in [3.8, 4) is 0 Å². The predicted molar refractivity (Wildman–Crippen MR) is 88.1 cm³/mol. The van der Waals surface area contributed by atoms with E-state index >= 15 is 0 Å². The fraction of sp³-hybridized carbons (Fsp3) is 0.722. The first kappa shape index (κ1) is 18.0. The molecule has 0 aromatic heterocycles. The Morgan fingerprint density at radius 3 is 2.52 bits per heavy atom. The van der Waals surface area contributed by atoms with Gasteiger partial charge in [0.05, 0.1) is 11.7 Å². The van der Waals surface area contributed by atoms with Crippen molar-refractivity contribution < 1.29 is 9.53 Å². The van der Waals surface area contributed by atoms with Gasteiger partial charge in [0.1, 0.15) is 0 Å². The molecule has 3 heteroatoms. The van der Waals surface area contributed by atoms with Crippen molar-refractivity contribution in [2.75, 3.05) is 7.05 Å². The lowest BCUT2D eigenvalue weighted by atomic mass is 9.83. The maximum atomic E-state index is 11.9. The molecule has 120 valence electrons. The molecule has 1 N–H and O–H groups in total. The van der Waals surface area contributed by atoms with Gasteiger partial charge in [-0.3, -0.25) is 0 Å². The standard InChI is InChI=1S/C18H31NO2/c1-13(2)21-17(20)15-9-7-14(8-10-15)16(19-6)11-12-18(3,4)5/h7,9-10,13-14,16,19H,8,11-12H2,1-6H3/t14?,16-/m1/s1. The highest BCUT2D eigenvalue weighted by Crippen LogP contribution is 2.27. The van der Waals surface area contributed by atoms with Crippen LogP contribution in [0.4, 0.5) is 0 Å². The number of ether oxygens (including phenoxy) is 1. The topological polar surface area (TPSA) is 38.3 Å². The highest BCUT2D eigenvalue weighted by Gasteiger charge is 2.23. The summed E-state index contributed by atoms with van der Waals surface area (Å²) in [6.45, 7) is 10.6. The number of carbonyl (C=O) groups excluding carboxylic acids is 1. The maximum absolute atomic E-state index is 11.9. The Hall–Kier alpha value is -1.09. The number of hydrogen-bond donors (Lipinski definition) is 1. The molecule has 0 aromatic rings. The van der Waals surface area contributed by atoms with Crippen LogP contribution in [0.25, 0.3) is 0 Å².